The number of rotatable bonds is 2. The SMILES string of the molecule is C[n+]1cccc(C(F)F)c1.C[n+]1cccc(C(F)F)c1. The van der Waals surface area contributed by atoms with Gasteiger partial charge in [-0.3, -0.25) is 0 Å². The molecule has 0 atom stereocenters. The van der Waals surface area contributed by atoms with Gasteiger partial charge >= 0.3 is 0 Å². The summed E-state index contributed by atoms with van der Waals surface area (Å²) in [6.07, 6.45) is 1.51. The Balaban J connectivity index is 0.000000200. The van der Waals surface area contributed by atoms with Crippen LogP contribution in [0.3, 0.4) is 0 Å². The summed E-state index contributed by atoms with van der Waals surface area (Å²) in [4.78, 5) is 0. The third kappa shape index (κ3) is 5.34. The summed E-state index contributed by atoms with van der Waals surface area (Å²) in [6.45, 7) is 0. The molecule has 0 unspecified atom stereocenters. The first-order chi connectivity index (χ1) is 9.40. The normalized spacial score (nSPS) is 10.4. The van der Waals surface area contributed by atoms with Gasteiger partial charge in [-0.15, -0.1) is 0 Å². The molecule has 0 N–H and O–H groups in total. The monoisotopic (exact) mass is 288 g/mol. The Kier molecular flexibility index (Phi) is 6.09. The maximum atomic E-state index is 11.9. The minimum absolute atomic E-state index is 0.0602. The number of hydrogen-bond donors (Lipinski definition) is 0. The van der Waals surface area contributed by atoms with Crippen LogP contribution in [0.1, 0.15) is 24.0 Å². The molecule has 2 rings (SSSR count). The van der Waals surface area contributed by atoms with Gasteiger partial charge in [-0.1, -0.05) is 0 Å². The molecule has 0 aliphatic heterocycles. The zero-order valence-electron chi connectivity index (χ0n) is 11.2. The molecule has 20 heavy (non-hydrogen) atoms. The van der Waals surface area contributed by atoms with Crippen molar-refractivity contribution < 1.29 is 26.7 Å². The van der Waals surface area contributed by atoms with Gasteiger partial charge in [0.05, 0.1) is 11.1 Å². The number of aryl methyl sites for hydroxylation is 2. The van der Waals surface area contributed by atoms with Crippen LogP contribution in [-0.4, -0.2) is 0 Å². The fourth-order valence-electron chi connectivity index (χ4n) is 1.48. The molecule has 0 amide bonds. The molecule has 0 aromatic carbocycles. The maximum absolute atomic E-state index is 11.9. The summed E-state index contributed by atoms with van der Waals surface area (Å²) in [6, 6.07) is 6.01. The molecule has 0 bridgehead atoms. The molecular weight excluding hydrogens is 272 g/mol. The van der Waals surface area contributed by atoms with Crippen molar-refractivity contribution in [2.24, 2.45) is 14.1 Å². The Morgan fingerprint density at radius 2 is 1.10 bits per heavy atom. The number of pyridine rings is 2. The van der Waals surface area contributed by atoms with Gasteiger partial charge < -0.3 is 0 Å². The highest BCUT2D eigenvalue weighted by atomic mass is 19.3. The largest absolute Gasteiger partial charge is 0.269 e. The second kappa shape index (κ2) is 7.57. The van der Waals surface area contributed by atoms with Crippen molar-refractivity contribution in [2.45, 2.75) is 12.9 Å². The minimum Gasteiger partial charge on any atom is -0.207 e. The summed E-state index contributed by atoms with van der Waals surface area (Å²) >= 11 is 0. The first-order valence-electron chi connectivity index (χ1n) is 5.87. The van der Waals surface area contributed by atoms with E-state index in [1.165, 1.54) is 24.5 Å². The van der Waals surface area contributed by atoms with E-state index in [1.54, 1.807) is 47.8 Å². The summed E-state index contributed by atoms with van der Waals surface area (Å²) in [5.74, 6) is 0. The van der Waals surface area contributed by atoms with Crippen LogP contribution >= 0.6 is 0 Å². The lowest BCUT2D eigenvalue weighted by molar-refractivity contribution is -0.672. The van der Waals surface area contributed by atoms with Crippen molar-refractivity contribution in [3.8, 4) is 0 Å². The lowest BCUT2D eigenvalue weighted by atomic mass is 10.3. The standard InChI is InChI=1S/2C7H8F2N/c2*1-10-4-2-3-6(5-10)7(8)9/h2*2-5,7H,1H3/q2*+1. The number of alkyl halides is 4. The van der Waals surface area contributed by atoms with Crippen molar-refractivity contribution in [1.82, 2.24) is 0 Å². The van der Waals surface area contributed by atoms with Crippen LogP contribution in [0.25, 0.3) is 0 Å². The van der Waals surface area contributed by atoms with E-state index in [-0.39, 0.29) is 11.1 Å². The highest BCUT2D eigenvalue weighted by Gasteiger charge is 2.09. The number of aromatic nitrogens is 2. The average molecular weight is 288 g/mol. The predicted octanol–water partition coefficient (Wildman–Crippen LogP) is 2.90. The molecule has 0 radical (unpaired) electrons. The number of nitrogens with zero attached hydrogens (tertiary/aromatic N) is 2. The van der Waals surface area contributed by atoms with Gasteiger partial charge in [-0.05, 0) is 12.1 Å². The molecule has 2 aromatic heterocycles. The molecule has 6 heteroatoms. The van der Waals surface area contributed by atoms with Crippen molar-refractivity contribution in [3.05, 3.63) is 60.2 Å². The van der Waals surface area contributed by atoms with E-state index < -0.39 is 12.9 Å². The van der Waals surface area contributed by atoms with Gasteiger partial charge in [0.1, 0.15) is 14.1 Å². The van der Waals surface area contributed by atoms with Gasteiger partial charge in [-0.2, -0.15) is 0 Å². The van der Waals surface area contributed by atoms with Crippen molar-refractivity contribution in [3.63, 3.8) is 0 Å². The summed E-state index contributed by atoms with van der Waals surface area (Å²) in [5, 5.41) is 0. The first-order valence-corrected chi connectivity index (χ1v) is 5.87. The molecule has 2 aromatic rings. The molecule has 0 spiro atoms. The molecule has 0 aliphatic rings. The van der Waals surface area contributed by atoms with Crippen LogP contribution in [0.4, 0.5) is 17.6 Å². The van der Waals surface area contributed by atoms with Crippen LogP contribution in [0, 0.1) is 0 Å². The van der Waals surface area contributed by atoms with Crippen molar-refractivity contribution >= 4 is 0 Å². The molecule has 0 aliphatic carbocycles. The van der Waals surface area contributed by atoms with E-state index in [4.69, 9.17) is 0 Å². The van der Waals surface area contributed by atoms with Gasteiger partial charge in [0.25, 0.3) is 12.9 Å². The third-order valence-corrected chi connectivity index (χ3v) is 2.43. The Morgan fingerprint density at radius 3 is 1.30 bits per heavy atom. The molecule has 2 nitrogen and oxygen atoms in total. The third-order valence-electron chi connectivity index (χ3n) is 2.43. The molecule has 2 heterocycles. The Labute approximate surface area is 114 Å². The minimum atomic E-state index is -2.37. The predicted molar refractivity (Wildman–Crippen MR) is 65.2 cm³/mol. The van der Waals surface area contributed by atoms with Crippen LogP contribution in [0.5, 0.6) is 0 Å². The number of hydrogen-bond acceptors (Lipinski definition) is 0. The molecule has 108 valence electrons. The lowest BCUT2D eigenvalue weighted by Crippen LogP contribution is -2.26. The highest BCUT2D eigenvalue weighted by molar-refractivity contribution is 5.06. The Hall–Kier alpha value is -1.98. The van der Waals surface area contributed by atoms with Gasteiger partial charge in [0, 0.05) is 12.1 Å². The van der Waals surface area contributed by atoms with E-state index in [9.17, 15) is 17.6 Å². The fraction of sp³-hybridized carbons (Fsp3) is 0.286. The quantitative estimate of drug-likeness (QED) is 0.593. The second-order valence-electron chi connectivity index (χ2n) is 4.21. The summed E-state index contributed by atoms with van der Waals surface area (Å²) in [7, 11) is 3.43. The van der Waals surface area contributed by atoms with Crippen molar-refractivity contribution in [2.75, 3.05) is 0 Å². The van der Waals surface area contributed by atoms with Gasteiger partial charge in [0.2, 0.25) is 0 Å². The Bertz CT molecular complexity index is 495. The highest BCUT2D eigenvalue weighted by Crippen LogP contribution is 2.15. The van der Waals surface area contributed by atoms with E-state index >= 15 is 0 Å². The van der Waals surface area contributed by atoms with E-state index in [0.29, 0.717) is 0 Å². The lowest BCUT2D eigenvalue weighted by Gasteiger charge is -1.94. The molecule has 0 saturated heterocycles. The zero-order chi connectivity index (χ0) is 15.1. The maximum Gasteiger partial charge on any atom is 0.269 e. The van der Waals surface area contributed by atoms with Crippen molar-refractivity contribution in [1.29, 1.82) is 0 Å². The fourth-order valence-corrected chi connectivity index (χ4v) is 1.48. The smallest absolute Gasteiger partial charge is 0.207 e. The second-order valence-corrected chi connectivity index (χ2v) is 4.21. The van der Waals surface area contributed by atoms with Crippen LogP contribution < -0.4 is 9.13 Å². The Morgan fingerprint density at radius 1 is 0.750 bits per heavy atom. The number of halogens is 4. The zero-order valence-corrected chi connectivity index (χ0v) is 11.2. The van der Waals surface area contributed by atoms with E-state index in [2.05, 4.69) is 0 Å². The van der Waals surface area contributed by atoms with Crippen LogP contribution in [0.2, 0.25) is 0 Å². The average Bonchev–Trinajstić information content (AvgIpc) is 2.39. The summed E-state index contributed by atoms with van der Waals surface area (Å²) in [5.41, 5.74) is 0.120. The summed E-state index contributed by atoms with van der Waals surface area (Å²) < 4.78 is 50.9. The van der Waals surface area contributed by atoms with Crippen LogP contribution in [-0.2, 0) is 14.1 Å². The van der Waals surface area contributed by atoms with Crippen LogP contribution in [0.15, 0.2) is 49.1 Å². The van der Waals surface area contributed by atoms with Gasteiger partial charge in [-0.25, -0.2) is 26.7 Å². The first kappa shape index (κ1) is 16.1. The van der Waals surface area contributed by atoms with E-state index in [0.717, 1.165) is 0 Å². The molecular formula is C14H16F4N2+2. The van der Waals surface area contributed by atoms with E-state index in [1.807, 2.05) is 0 Å². The topological polar surface area (TPSA) is 7.76 Å². The van der Waals surface area contributed by atoms with Gasteiger partial charge in [0.15, 0.2) is 24.8 Å². The molecule has 0 saturated carbocycles. The molecule has 0 fully saturated rings.